The Labute approximate surface area is 119 Å². The third-order valence-corrected chi connectivity index (χ3v) is 4.80. The van der Waals surface area contributed by atoms with Crippen molar-refractivity contribution in [2.24, 2.45) is 0 Å². The van der Waals surface area contributed by atoms with E-state index in [9.17, 15) is 0 Å². The summed E-state index contributed by atoms with van der Waals surface area (Å²) in [6, 6.07) is 4.19. The van der Waals surface area contributed by atoms with E-state index in [4.69, 9.17) is 9.40 Å². The summed E-state index contributed by atoms with van der Waals surface area (Å²) >= 11 is 1.81. The summed E-state index contributed by atoms with van der Waals surface area (Å²) in [7, 11) is 0. The van der Waals surface area contributed by atoms with Crippen LogP contribution in [0.1, 0.15) is 55.1 Å². The van der Waals surface area contributed by atoms with Crippen molar-refractivity contribution in [2.75, 3.05) is 0 Å². The smallest absolute Gasteiger partial charge is 0.117 e. The molecule has 4 heteroatoms. The Hall–Kier alpha value is -1.13. The standard InChI is InChI=1S/C15H22N2OS/c1-10(16-9-12-7-6-8-18-12)13-11(2)17-14(19-13)15(3,4)5/h6-8,10,16H,9H2,1-5H3. The van der Waals surface area contributed by atoms with Gasteiger partial charge in [-0.05, 0) is 26.0 Å². The first-order valence-corrected chi connectivity index (χ1v) is 7.43. The Morgan fingerprint density at radius 2 is 2.16 bits per heavy atom. The van der Waals surface area contributed by atoms with Crippen LogP contribution in [0.15, 0.2) is 22.8 Å². The van der Waals surface area contributed by atoms with E-state index >= 15 is 0 Å². The third kappa shape index (κ3) is 3.45. The van der Waals surface area contributed by atoms with E-state index in [1.165, 1.54) is 9.88 Å². The molecule has 1 atom stereocenters. The lowest BCUT2D eigenvalue weighted by Gasteiger charge is -2.14. The number of hydrogen-bond donors (Lipinski definition) is 1. The molecular formula is C15H22N2OS. The highest BCUT2D eigenvalue weighted by Crippen LogP contribution is 2.32. The average Bonchev–Trinajstić information content (AvgIpc) is 2.93. The quantitative estimate of drug-likeness (QED) is 0.911. The van der Waals surface area contributed by atoms with Gasteiger partial charge >= 0.3 is 0 Å². The zero-order valence-corrected chi connectivity index (χ0v) is 13.1. The molecule has 3 nitrogen and oxygen atoms in total. The topological polar surface area (TPSA) is 38.1 Å². The van der Waals surface area contributed by atoms with Crippen molar-refractivity contribution in [1.29, 1.82) is 0 Å². The first-order valence-electron chi connectivity index (χ1n) is 6.61. The first-order chi connectivity index (χ1) is 8.88. The van der Waals surface area contributed by atoms with Gasteiger partial charge in [0.05, 0.1) is 23.5 Å². The maximum absolute atomic E-state index is 5.33. The fraction of sp³-hybridized carbons (Fsp3) is 0.533. The van der Waals surface area contributed by atoms with E-state index in [1.807, 2.05) is 23.5 Å². The average molecular weight is 278 g/mol. The highest BCUT2D eigenvalue weighted by atomic mass is 32.1. The van der Waals surface area contributed by atoms with Gasteiger partial charge < -0.3 is 9.73 Å². The van der Waals surface area contributed by atoms with Crippen LogP contribution in [-0.4, -0.2) is 4.98 Å². The maximum Gasteiger partial charge on any atom is 0.117 e. The van der Waals surface area contributed by atoms with Crippen LogP contribution in [0, 0.1) is 6.92 Å². The fourth-order valence-corrected chi connectivity index (χ4v) is 3.04. The van der Waals surface area contributed by atoms with Crippen LogP contribution in [-0.2, 0) is 12.0 Å². The van der Waals surface area contributed by atoms with Gasteiger partial charge in [0.1, 0.15) is 5.76 Å². The third-order valence-electron chi connectivity index (χ3n) is 3.03. The summed E-state index contributed by atoms with van der Waals surface area (Å²) in [4.78, 5) is 6.02. The Kier molecular flexibility index (Phi) is 4.11. The summed E-state index contributed by atoms with van der Waals surface area (Å²) in [5.41, 5.74) is 1.25. The second kappa shape index (κ2) is 5.47. The molecule has 0 radical (unpaired) electrons. The highest BCUT2D eigenvalue weighted by molar-refractivity contribution is 7.12. The second-order valence-electron chi connectivity index (χ2n) is 5.90. The Bertz CT molecular complexity index is 523. The molecule has 2 aromatic heterocycles. The molecule has 2 aromatic rings. The van der Waals surface area contributed by atoms with Crippen LogP contribution >= 0.6 is 11.3 Å². The molecule has 2 rings (SSSR count). The minimum atomic E-state index is 0.119. The van der Waals surface area contributed by atoms with Crippen molar-refractivity contribution in [1.82, 2.24) is 10.3 Å². The van der Waals surface area contributed by atoms with E-state index in [1.54, 1.807) is 6.26 Å². The number of aryl methyl sites for hydroxylation is 1. The molecule has 19 heavy (non-hydrogen) atoms. The number of furan rings is 1. The fourth-order valence-electron chi connectivity index (χ4n) is 1.89. The molecule has 0 aliphatic carbocycles. The van der Waals surface area contributed by atoms with Gasteiger partial charge in [-0.1, -0.05) is 20.8 Å². The second-order valence-corrected chi connectivity index (χ2v) is 6.93. The molecule has 0 saturated heterocycles. The van der Waals surface area contributed by atoms with Crippen molar-refractivity contribution in [2.45, 2.75) is 52.6 Å². The summed E-state index contributed by atoms with van der Waals surface area (Å²) < 4.78 is 5.33. The molecule has 2 heterocycles. The van der Waals surface area contributed by atoms with Crippen LogP contribution in [0.2, 0.25) is 0 Å². The van der Waals surface area contributed by atoms with Crippen LogP contribution in [0.3, 0.4) is 0 Å². The number of nitrogens with zero attached hydrogens (tertiary/aromatic N) is 1. The molecule has 0 aliphatic rings. The Morgan fingerprint density at radius 3 is 2.68 bits per heavy atom. The summed E-state index contributed by atoms with van der Waals surface area (Å²) in [5, 5.41) is 4.68. The monoisotopic (exact) mass is 278 g/mol. The zero-order chi connectivity index (χ0) is 14.0. The van der Waals surface area contributed by atoms with Gasteiger partial charge in [-0.15, -0.1) is 11.3 Å². The Balaban J connectivity index is 2.06. The number of hydrogen-bond acceptors (Lipinski definition) is 4. The number of aromatic nitrogens is 1. The van der Waals surface area contributed by atoms with Gasteiger partial charge in [0.25, 0.3) is 0 Å². The van der Waals surface area contributed by atoms with E-state index in [0.29, 0.717) is 6.04 Å². The molecule has 0 saturated carbocycles. The minimum Gasteiger partial charge on any atom is -0.468 e. The summed E-state index contributed by atoms with van der Waals surface area (Å²) in [5.74, 6) is 0.963. The number of nitrogens with one attached hydrogen (secondary N) is 1. The van der Waals surface area contributed by atoms with E-state index < -0.39 is 0 Å². The SMILES string of the molecule is Cc1nc(C(C)(C)C)sc1C(C)NCc1ccco1. The predicted molar refractivity (Wildman–Crippen MR) is 79.5 cm³/mol. The lowest BCUT2D eigenvalue weighted by Crippen LogP contribution is -2.17. The van der Waals surface area contributed by atoms with Crippen molar-refractivity contribution in [3.05, 3.63) is 39.7 Å². The molecule has 1 unspecified atom stereocenters. The molecule has 0 aliphatic heterocycles. The molecule has 1 N–H and O–H groups in total. The van der Waals surface area contributed by atoms with Crippen LogP contribution in [0.25, 0.3) is 0 Å². The highest BCUT2D eigenvalue weighted by Gasteiger charge is 2.22. The van der Waals surface area contributed by atoms with E-state index in [-0.39, 0.29) is 5.41 Å². The molecule has 0 spiro atoms. The first kappa shape index (κ1) is 14.3. The van der Waals surface area contributed by atoms with Gasteiger partial charge in [0, 0.05) is 16.3 Å². The Morgan fingerprint density at radius 1 is 1.42 bits per heavy atom. The van der Waals surface area contributed by atoms with Gasteiger partial charge in [-0.25, -0.2) is 4.98 Å². The predicted octanol–water partition coefficient (Wildman–Crippen LogP) is 4.19. The van der Waals surface area contributed by atoms with Gasteiger partial charge in [0.2, 0.25) is 0 Å². The maximum atomic E-state index is 5.33. The number of thiazole rings is 1. The molecule has 0 fully saturated rings. The van der Waals surface area contributed by atoms with Crippen LogP contribution in [0.4, 0.5) is 0 Å². The molecule has 0 aromatic carbocycles. The van der Waals surface area contributed by atoms with E-state index in [2.05, 4.69) is 39.9 Å². The summed E-state index contributed by atoms with van der Waals surface area (Å²) in [6.07, 6.45) is 1.71. The van der Waals surface area contributed by atoms with Gasteiger partial charge in [0.15, 0.2) is 0 Å². The van der Waals surface area contributed by atoms with Crippen molar-refractivity contribution >= 4 is 11.3 Å². The minimum absolute atomic E-state index is 0.119. The largest absolute Gasteiger partial charge is 0.468 e. The van der Waals surface area contributed by atoms with Crippen LogP contribution in [0.5, 0.6) is 0 Å². The molecular weight excluding hydrogens is 256 g/mol. The lowest BCUT2D eigenvalue weighted by atomic mass is 9.98. The molecule has 104 valence electrons. The lowest BCUT2D eigenvalue weighted by molar-refractivity contribution is 0.462. The van der Waals surface area contributed by atoms with Gasteiger partial charge in [-0.2, -0.15) is 0 Å². The van der Waals surface area contributed by atoms with E-state index in [0.717, 1.165) is 18.0 Å². The zero-order valence-electron chi connectivity index (χ0n) is 12.3. The van der Waals surface area contributed by atoms with Gasteiger partial charge in [-0.3, -0.25) is 0 Å². The van der Waals surface area contributed by atoms with Crippen molar-refractivity contribution in [3.63, 3.8) is 0 Å². The number of rotatable bonds is 4. The summed E-state index contributed by atoms with van der Waals surface area (Å²) in [6.45, 7) is 11.6. The van der Waals surface area contributed by atoms with Crippen molar-refractivity contribution in [3.8, 4) is 0 Å². The van der Waals surface area contributed by atoms with Crippen molar-refractivity contribution < 1.29 is 4.42 Å². The van der Waals surface area contributed by atoms with Crippen LogP contribution < -0.4 is 5.32 Å². The normalized spacial score (nSPS) is 13.7. The molecule has 0 bridgehead atoms. The molecule has 0 amide bonds.